The summed E-state index contributed by atoms with van der Waals surface area (Å²) in [5.74, 6) is 0.775. The Kier molecular flexibility index (Phi) is 4.93. The highest BCUT2D eigenvalue weighted by molar-refractivity contribution is 5.90. The number of aryl methyl sites for hydroxylation is 1. The Morgan fingerprint density at radius 1 is 1.32 bits per heavy atom. The fraction of sp³-hybridized carbons (Fsp3) is 0.632. The van der Waals surface area contributed by atoms with E-state index in [2.05, 4.69) is 5.32 Å². The van der Waals surface area contributed by atoms with Crippen molar-refractivity contribution >= 4 is 11.7 Å². The number of hydrogen-bond donors (Lipinski definition) is 2. The van der Waals surface area contributed by atoms with E-state index in [1.807, 2.05) is 36.9 Å². The molecule has 1 unspecified atom stereocenters. The van der Waals surface area contributed by atoms with E-state index in [9.17, 15) is 9.90 Å². The molecule has 3 rings (SSSR count). The zero-order valence-electron chi connectivity index (χ0n) is 15.3. The highest BCUT2D eigenvalue weighted by atomic mass is 16.5. The number of methoxy groups -OCH3 is 1. The molecule has 0 saturated carbocycles. The van der Waals surface area contributed by atoms with Crippen molar-refractivity contribution < 1.29 is 19.4 Å². The van der Waals surface area contributed by atoms with E-state index >= 15 is 0 Å². The summed E-state index contributed by atoms with van der Waals surface area (Å²) in [6, 6.07) is 5.51. The average molecular weight is 348 g/mol. The molecule has 0 bridgehead atoms. The van der Waals surface area contributed by atoms with Gasteiger partial charge in [-0.15, -0.1) is 0 Å². The fourth-order valence-electron chi connectivity index (χ4n) is 3.86. The van der Waals surface area contributed by atoms with E-state index in [1.54, 1.807) is 7.11 Å². The minimum Gasteiger partial charge on any atom is -0.497 e. The van der Waals surface area contributed by atoms with Crippen LogP contribution in [0.2, 0.25) is 0 Å². The van der Waals surface area contributed by atoms with Crippen LogP contribution < -0.4 is 10.1 Å². The van der Waals surface area contributed by atoms with Crippen LogP contribution >= 0.6 is 0 Å². The van der Waals surface area contributed by atoms with Crippen molar-refractivity contribution in [3.63, 3.8) is 0 Å². The minimum absolute atomic E-state index is 0.0920. The Morgan fingerprint density at radius 3 is 2.64 bits per heavy atom. The van der Waals surface area contributed by atoms with Gasteiger partial charge in [0.2, 0.25) is 0 Å². The van der Waals surface area contributed by atoms with Gasteiger partial charge in [0.15, 0.2) is 0 Å². The van der Waals surface area contributed by atoms with Crippen LogP contribution in [0, 0.1) is 6.92 Å². The van der Waals surface area contributed by atoms with Crippen LogP contribution in [0.5, 0.6) is 5.75 Å². The molecule has 1 aromatic carbocycles. The number of benzene rings is 1. The molecule has 2 aliphatic rings. The lowest BCUT2D eigenvalue weighted by molar-refractivity contribution is -0.169. The molecule has 1 spiro atoms. The van der Waals surface area contributed by atoms with Crippen LogP contribution in [0.15, 0.2) is 18.2 Å². The normalized spacial score (nSPS) is 25.7. The second-order valence-electron chi connectivity index (χ2n) is 7.55. The second-order valence-corrected chi connectivity index (χ2v) is 7.55. The lowest BCUT2D eigenvalue weighted by Gasteiger charge is -2.48. The number of piperidine rings is 1. The highest BCUT2D eigenvalue weighted by Gasteiger charge is 2.44. The lowest BCUT2D eigenvalue weighted by Crippen LogP contribution is -2.54. The number of amides is 2. The smallest absolute Gasteiger partial charge is 0.321 e. The number of carbonyl (C=O) groups is 1. The summed E-state index contributed by atoms with van der Waals surface area (Å²) in [4.78, 5) is 14.4. The van der Waals surface area contributed by atoms with Crippen molar-refractivity contribution in [2.75, 3.05) is 32.1 Å². The lowest BCUT2D eigenvalue weighted by atomic mass is 9.78. The summed E-state index contributed by atoms with van der Waals surface area (Å²) in [6.07, 6.45) is 2.85. The van der Waals surface area contributed by atoms with Crippen molar-refractivity contribution in [1.29, 1.82) is 0 Å². The molecule has 2 heterocycles. The molecule has 1 aromatic rings. The van der Waals surface area contributed by atoms with Crippen LogP contribution in [0.25, 0.3) is 0 Å². The van der Waals surface area contributed by atoms with Gasteiger partial charge in [-0.2, -0.15) is 0 Å². The van der Waals surface area contributed by atoms with Crippen molar-refractivity contribution in [3.8, 4) is 5.75 Å². The summed E-state index contributed by atoms with van der Waals surface area (Å²) in [5.41, 5.74) is 0.813. The predicted octanol–water partition coefficient (Wildman–Crippen LogP) is 2.93. The van der Waals surface area contributed by atoms with E-state index < -0.39 is 5.60 Å². The first-order chi connectivity index (χ1) is 11.8. The van der Waals surface area contributed by atoms with Gasteiger partial charge in [-0.25, -0.2) is 4.79 Å². The number of rotatable bonds is 2. The average Bonchev–Trinajstić information content (AvgIpc) is 2.56. The number of aliphatic hydroxyl groups is 1. The zero-order chi connectivity index (χ0) is 18.1. The van der Waals surface area contributed by atoms with Gasteiger partial charge in [-0.3, -0.25) is 0 Å². The van der Waals surface area contributed by atoms with Crippen molar-refractivity contribution in [1.82, 2.24) is 4.90 Å². The monoisotopic (exact) mass is 348 g/mol. The Hall–Kier alpha value is -1.79. The van der Waals surface area contributed by atoms with Crippen molar-refractivity contribution in [2.45, 2.75) is 50.7 Å². The molecule has 138 valence electrons. The molecule has 25 heavy (non-hydrogen) atoms. The summed E-state index contributed by atoms with van der Waals surface area (Å²) in [7, 11) is 1.63. The van der Waals surface area contributed by atoms with E-state index in [-0.39, 0.29) is 11.6 Å². The Morgan fingerprint density at radius 2 is 2.04 bits per heavy atom. The van der Waals surface area contributed by atoms with Gasteiger partial charge in [0.1, 0.15) is 5.75 Å². The van der Waals surface area contributed by atoms with E-state index in [0.29, 0.717) is 32.5 Å². The van der Waals surface area contributed by atoms with Crippen molar-refractivity contribution in [2.24, 2.45) is 0 Å². The number of nitrogens with one attached hydrogen (secondary N) is 1. The SMILES string of the molecule is COc1ccc(NC(=O)N2CCC3(CC2)CC(C)(O)CCO3)c(C)c1. The quantitative estimate of drug-likeness (QED) is 0.862. The van der Waals surface area contributed by atoms with Crippen LogP contribution in [0.3, 0.4) is 0 Å². The van der Waals surface area contributed by atoms with Gasteiger partial charge in [-0.1, -0.05) is 0 Å². The third-order valence-electron chi connectivity index (χ3n) is 5.39. The summed E-state index contributed by atoms with van der Waals surface area (Å²) in [6.45, 7) is 5.68. The summed E-state index contributed by atoms with van der Waals surface area (Å²) < 4.78 is 11.2. The molecule has 0 radical (unpaired) electrons. The largest absolute Gasteiger partial charge is 0.497 e. The molecule has 6 heteroatoms. The number of ether oxygens (including phenoxy) is 2. The van der Waals surface area contributed by atoms with Gasteiger partial charge >= 0.3 is 6.03 Å². The molecular formula is C19H28N2O4. The fourth-order valence-corrected chi connectivity index (χ4v) is 3.86. The zero-order valence-corrected chi connectivity index (χ0v) is 15.3. The molecule has 2 N–H and O–H groups in total. The van der Waals surface area contributed by atoms with E-state index in [1.165, 1.54) is 0 Å². The van der Waals surface area contributed by atoms with Crippen LogP contribution in [0.1, 0.15) is 38.2 Å². The first kappa shape index (κ1) is 18.0. The third kappa shape index (κ3) is 4.07. The first-order valence-corrected chi connectivity index (χ1v) is 8.89. The van der Waals surface area contributed by atoms with Crippen LogP contribution in [-0.2, 0) is 4.74 Å². The maximum atomic E-state index is 12.6. The number of nitrogens with zero attached hydrogens (tertiary/aromatic N) is 1. The third-order valence-corrected chi connectivity index (χ3v) is 5.39. The van der Waals surface area contributed by atoms with Crippen LogP contribution in [-0.4, -0.2) is 54.0 Å². The molecule has 1 atom stereocenters. The van der Waals surface area contributed by atoms with Gasteiger partial charge in [0, 0.05) is 25.2 Å². The van der Waals surface area contributed by atoms with Crippen LogP contribution in [0.4, 0.5) is 10.5 Å². The first-order valence-electron chi connectivity index (χ1n) is 8.89. The van der Waals surface area contributed by atoms with Gasteiger partial charge in [-0.05, 0) is 56.9 Å². The Labute approximate surface area is 149 Å². The molecule has 2 aliphatic heterocycles. The Balaban J connectivity index is 1.58. The number of urea groups is 1. The molecule has 2 fully saturated rings. The number of likely N-dealkylation sites (tertiary alicyclic amines) is 1. The molecule has 2 saturated heterocycles. The molecule has 0 aromatic heterocycles. The van der Waals surface area contributed by atoms with Gasteiger partial charge in [0.25, 0.3) is 0 Å². The molecule has 2 amide bonds. The van der Waals surface area contributed by atoms with E-state index in [0.717, 1.165) is 29.8 Å². The topological polar surface area (TPSA) is 71.0 Å². The highest BCUT2D eigenvalue weighted by Crippen LogP contribution is 2.39. The predicted molar refractivity (Wildman–Crippen MR) is 96.1 cm³/mol. The second kappa shape index (κ2) is 6.84. The van der Waals surface area contributed by atoms with Crippen molar-refractivity contribution in [3.05, 3.63) is 23.8 Å². The molecule has 6 nitrogen and oxygen atoms in total. The summed E-state index contributed by atoms with van der Waals surface area (Å²) >= 11 is 0. The number of hydrogen-bond acceptors (Lipinski definition) is 4. The maximum absolute atomic E-state index is 12.6. The number of carbonyl (C=O) groups excluding carboxylic acids is 1. The van der Waals surface area contributed by atoms with Gasteiger partial charge < -0.3 is 24.8 Å². The standard InChI is InChI=1S/C19H28N2O4/c1-14-12-15(24-3)4-5-16(14)20-17(22)21-9-6-19(7-10-21)13-18(2,23)8-11-25-19/h4-5,12,23H,6-11,13H2,1-3H3,(H,20,22). The summed E-state index contributed by atoms with van der Waals surface area (Å²) in [5, 5.41) is 13.3. The maximum Gasteiger partial charge on any atom is 0.321 e. The number of anilines is 1. The Bertz CT molecular complexity index is 636. The minimum atomic E-state index is -0.664. The molecule has 0 aliphatic carbocycles. The molecular weight excluding hydrogens is 320 g/mol. The van der Waals surface area contributed by atoms with Gasteiger partial charge in [0.05, 0.1) is 24.9 Å². The van der Waals surface area contributed by atoms with E-state index in [4.69, 9.17) is 9.47 Å².